The highest BCUT2D eigenvalue weighted by molar-refractivity contribution is 5.59. The van der Waals surface area contributed by atoms with Crippen LogP contribution in [0.3, 0.4) is 0 Å². The third kappa shape index (κ3) is 1.80. The van der Waals surface area contributed by atoms with Gasteiger partial charge in [0.1, 0.15) is 0 Å². The van der Waals surface area contributed by atoms with Gasteiger partial charge in [-0.3, -0.25) is 0 Å². The Balaban J connectivity index is 2.10. The lowest BCUT2D eigenvalue weighted by Crippen LogP contribution is -2.00. The SMILES string of the molecule is Nc1ncc(-c2cnnn2-c2ccccc2)cn1. The van der Waals surface area contributed by atoms with Crippen molar-refractivity contribution in [2.45, 2.75) is 0 Å². The molecule has 0 saturated heterocycles. The molecule has 0 aliphatic heterocycles. The van der Waals surface area contributed by atoms with Crippen molar-refractivity contribution in [2.24, 2.45) is 0 Å². The van der Waals surface area contributed by atoms with Gasteiger partial charge in [0.25, 0.3) is 0 Å². The molecule has 0 saturated carbocycles. The van der Waals surface area contributed by atoms with E-state index in [1.54, 1.807) is 23.3 Å². The summed E-state index contributed by atoms with van der Waals surface area (Å²) >= 11 is 0. The van der Waals surface area contributed by atoms with Gasteiger partial charge in [0.15, 0.2) is 0 Å². The Morgan fingerprint density at radius 2 is 1.67 bits per heavy atom. The first-order chi connectivity index (χ1) is 8.84. The van der Waals surface area contributed by atoms with Gasteiger partial charge in [0, 0.05) is 18.0 Å². The molecule has 0 aliphatic rings. The summed E-state index contributed by atoms with van der Waals surface area (Å²) < 4.78 is 1.73. The smallest absolute Gasteiger partial charge is 0.219 e. The topological polar surface area (TPSA) is 82.5 Å². The first kappa shape index (κ1) is 10.4. The van der Waals surface area contributed by atoms with Crippen molar-refractivity contribution < 1.29 is 0 Å². The number of rotatable bonds is 2. The monoisotopic (exact) mass is 238 g/mol. The minimum atomic E-state index is 0.248. The van der Waals surface area contributed by atoms with Crippen LogP contribution in [0.25, 0.3) is 16.9 Å². The maximum atomic E-state index is 5.47. The number of hydrogen-bond acceptors (Lipinski definition) is 5. The van der Waals surface area contributed by atoms with Crippen molar-refractivity contribution in [3.05, 3.63) is 48.9 Å². The third-order valence-electron chi connectivity index (χ3n) is 2.52. The molecule has 1 aromatic carbocycles. The molecule has 0 atom stereocenters. The van der Waals surface area contributed by atoms with Crippen LogP contribution in [-0.4, -0.2) is 25.0 Å². The molecule has 18 heavy (non-hydrogen) atoms. The van der Waals surface area contributed by atoms with E-state index >= 15 is 0 Å². The van der Waals surface area contributed by atoms with E-state index in [9.17, 15) is 0 Å². The number of aromatic nitrogens is 5. The summed E-state index contributed by atoms with van der Waals surface area (Å²) in [6, 6.07) is 9.75. The summed E-state index contributed by atoms with van der Waals surface area (Å²) in [5.41, 5.74) is 8.04. The second kappa shape index (κ2) is 4.25. The van der Waals surface area contributed by atoms with E-state index in [-0.39, 0.29) is 5.95 Å². The summed E-state index contributed by atoms with van der Waals surface area (Å²) in [5, 5.41) is 7.99. The molecule has 6 heteroatoms. The van der Waals surface area contributed by atoms with Gasteiger partial charge in [-0.25, -0.2) is 14.6 Å². The molecule has 6 nitrogen and oxygen atoms in total. The Bertz CT molecular complexity index is 644. The second-order valence-electron chi connectivity index (χ2n) is 3.70. The number of benzene rings is 1. The lowest BCUT2D eigenvalue weighted by molar-refractivity contribution is 0.807. The highest BCUT2D eigenvalue weighted by atomic mass is 15.4. The van der Waals surface area contributed by atoms with E-state index in [0.29, 0.717) is 0 Å². The van der Waals surface area contributed by atoms with Gasteiger partial charge in [-0.1, -0.05) is 23.4 Å². The summed E-state index contributed by atoms with van der Waals surface area (Å²) in [5.74, 6) is 0.248. The van der Waals surface area contributed by atoms with Crippen LogP contribution >= 0.6 is 0 Å². The van der Waals surface area contributed by atoms with E-state index in [4.69, 9.17) is 5.73 Å². The zero-order valence-corrected chi connectivity index (χ0v) is 9.43. The normalized spacial score (nSPS) is 10.4. The summed E-state index contributed by atoms with van der Waals surface area (Å²) in [4.78, 5) is 7.94. The molecule has 2 aromatic heterocycles. The number of hydrogen-bond donors (Lipinski definition) is 1. The van der Waals surface area contributed by atoms with Crippen molar-refractivity contribution in [3.63, 3.8) is 0 Å². The van der Waals surface area contributed by atoms with Crippen LogP contribution in [0.4, 0.5) is 5.95 Å². The summed E-state index contributed by atoms with van der Waals surface area (Å²) in [6.07, 6.45) is 4.98. The number of nitrogens with two attached hydrogens (primary N) is 1. The zero-order chi connectivity index (χ0) is 12.4. The number of para-hydroxylation sites is 1. The van der Waals surface area contributed by atoms with Crippen LogP contribution in [-0.2, 0) is 0 Å². The minimum absolute atomic E-state index is 0.248. The first-order valence-corrected chi connectivity index (χ1v) is 5.38. The Morgan fingerprint density at radius 3 is 2.39 bits per heavy atom. The fourth-order valence-corrected chi connectivity index (χ4v) is 1.66. The molecule has 0 bridgehead atoms. The fourth-order valence-electron chi connectivity index (χ4n) is 1.66. The largest absolute Gasteiger partial charge is 0.368 e. The van der Waals surface area contributed by atoms with Gasteiger partial charge >= 0.3 is 0 Å². The molecular formula is C12H10N6. The maximum absolute atomic E-state index is 5.47. The Labute approximate surface area is 103 Å². The van der Waals surface area contributed by atoms with Crippen LogP contribution in [0.15, 0.2) is 48.9 Å². The molecule has 0 radical (unpaired) electrons. The molecule has 0 fully saturated rings. The van der Waals surface area contributed by atoms with E-state index in [1.807, 2.05) is 30.3 Å². The zero-order valence-electron chi connectivity index (χ0n) is 9.43. The summed E-state index contributed by atoms with van der Waals surface area (Å²) in [6.45, 7) is 0. The lowest BCUT2D eigenvalue weighted by Gasteiger charge is -2.05. The van der Waals surface area contributed by atoms with E-state index in [0.717, 1.165) is 16.9 Å². The average molecular weight is 238 g/mol. The van der Waals surface area contributed by atoms with Crippen LogP contribution in [0, 0.1) is 0 Å². The standard InChI is InChI=1S/C12H10N6/c13-12-14-6-9(7-15-12)11-8-16-17-18(11)10-4-2-1-3-5-10/h1-8H,(H2,13,14,15). The predicted molar refractivity (Wildman–Crippen MR) is 66.8 cm³/mol. The van der Waals surface area contributed by atoms with Gasteiger partial charge < -0.3 is 5.73 Å². The minimum Gasteiger partial charge on any atom is -0.368 e. The molecular weight excluding hydrogens is 228 g/mol. The van der Waals surface area contributed by atoms with Crippen molar-refractivity contribution in [3.8, 4) is 16.9 Å². The number of anilines is 1. The quantitative estimate of drug-likeness (QED) is 0.727. The van der Waals surface area contributed by atoms with Crippen LogP contribution in [0.2, 0.25) is 0 Å². The van der Waals surface area contributed by atoms with Gasteiger partial charge in [-0.05, 0) is 12.1 Å². The van der Waals surface area contributed by atoms with Gasteiger partial charge in [-0.15, -0.1) is 5.10 Å². The molecule has 0 amide bonds. The fraction of sp³-hybridized carbons (Fsp3) is 0. The van der Waals surface area contributed by atoms with Crippen molar-refractivity contribution in [1.82, 2.24) is 25.0 Å². The molecule has 0 unspecified atom stereocenters. The summed E-state index contributed by atoms with van der Waals surface area (Å²) in [7, 11) is 0. The number of nitrogen functional groups attached to an aromatic ring is 1. The molecule has 0 spiro atoms. The maximum Gasteiger partial charge on any atom is 0.219 e. The highest BCUT2D eigenvalue weighted by Crippen LogP contribution is 2.19. The Hall–Kier alpha value is -2.76. The Kier molecular flexibility index (Phi) is 2.45. The molecule has 3 rings (SSSR count). The second-order valence-corrected chi connectivity index (χ2v) is 3.70. The average Bonchev–Trinajstić information content (AvgIpc) is 2.90. The lowest BCUT2D eigenvalue weighted by atomic mass is 10.2. The van der Waals surface area contributed by atoms with Crippen molar-refractivity contribution >= 4 is 5.95 Å². The van der Waals surface area contributed by atoms with Gasteiger partial charge in [0.05, 0.1) is 17.6 Å². The van der Waals surface area contributed by atoms with Crippen LogP contribution in [0.1, 0.15) is 0 Å². The van der Waals surface area contributed by atoms with E-state index in [2.05, 4.69) is 20.3 Å². The van der Waals surface area contributed by atoms with Crippen LogP contribution in [0.5, 0.6) is 0 Å². The molecule has 3 aromatic rings. The van der Waals surface area contributed by atoms with Crippen LogP contribution < -0.4 is 5.73 Å². The van der Waals surface area contributed by atoms with E-state index in [1.165, 1.54) is 0 Å². The molecule has 2 heterocycles. The van der Waals surface area contributed by atoms with Gasteiger partial charge in [0.2, 0.25) is 5.95 Å². The van der Waals surface area contributed by atoms with Gasteiger partial charge in [-0.2, -0.15) is 0 Å². The van der Waals surface area contributed by atoms with Crippen molar-refractivity contribution in [2.75, 3.05) is 5.73 Å². The molecule has 2 N–H and O–H groups in total. The van der Waals surface area contributed by atoms with E-state index < -0.39 is 0 Å². The highest BCUT2D eigenvalue weighted by Gasteiger charge is 2.08. The number of nitrogens with zero attached hydrogens (tertiary/aromatic N) is 5. The van der Waals surface area contributed by atoms with Crippen molar-refractivity contribution in [1.29, 1.82) is 0 Å². The third-order valence-corrected chi connectivity index (χ3v) is 2.52. The first-order valence-electron chi connectivity index (χ1n) is 5.38. The molecule has 88 valence electrons. The molecule has 0 aliphatic carbocycles. The Morgan fingerprint density at radius 1 is 0.944 bits per heavy atom. The predicted octanol–water partition coefficient (Wildman–Crippen LogP) is 1.31.